The van der Waals surface area contributed by atoms with E-state index in [0.29, 0.717) is 18.0 Å². The molecule has 0 saturated carbocycles. The van der Waals surface area contributed by atoms with E-state index in [1.165, 1.54) is 0 Å². The normalized spacial score (nSPS) is 12.6. The molecule has 0 aliphatic rings. The molecular weight excluding hydrogens is 214 g/mol. The maximum atomic E-state index is 11.7. The molecule has 0 fully saturated rings. The summed E-state index contributed by atoms with van der Waals surface area (Å²) in [5.41, 5.74) is 2.75. The minimum absolute atomic E-state index is 0.328. The Balaban J connectivity index is 2.74. The van der Waals surface area contributed by atoms with Gasteiger partial charge in [0.25, 0.3) is 5.91 Å². The molecule has 1 atom stereocenters. The number of nitrogens with one attached hydrogen (secondary N) is 1. The second-order valence-corrected chi connectivity index (χ2v) is 4.90. The molecule has 0 radical (unpaired) electrons. The van der Waals surface area contributed by atoms with Crippen LogP contribution in [-0.4, -0.2) is 17.6 Å². The monoisotopic (exact) mass is 235 g/mol. The fourth-order valence-electron chi connectivity index (χ4n) is 1.68. The molecule has 1 rings (SSSR count). The minimum atomic E-state index is -1.07. The van der Waals surface area contributed by atoms with Crippen LogP contribution in [0, 0.1) is 19.8 Å². The molecule has 17 heavy (non-hydrogen) atoms. The van der Waals surface area contributed by atoms with E-state index in [0.717, 1.165) is 11.1 Å². The molecule has 2 N–H and O–H groups in total. The van der Waals surface area contributed by atoms with Gasteiger partial charge in [-0.05, 0) is 30.9 Å². The Hall–Kier alpha value is -1.35. The summed E-state index contributed by atoms with van der Waals surface area (Å²) < 4.78 is 0. The summed E-state index contributed by atoms with van der Waals surface area (Å²) in [7, 11) is 0. The van der Waals surface area contributed by atoms with Crippen molar-refractivity contribution in [2.24, 2.45) is 5.92 Å². The van der Waals surface area contributed by atoms with Gasteiger partial charge in [0.05, 0.1) is 0 Å². The smallest absolute Gasteiger partial charge is 0.253 e. The second kappa shape index (κ2) is 5.82. The topological polar surface area (TPSA) is 49.3 Å². The molecule has 0 heterocycles. The third-order valence-corrected chi connectivity index (χ3v) is 2.65. The fraction of sp³-hybridized carbons (Fsp3) is 0.500. The van der Waals surface area contributed by atoms with Crippen molar-refractivity contribution < 1.29 is 9.90 Å². The molecule has 0 aromatic heterocycles. The van der Waals surface area contributed by atoms with E-state index in [4.69, 9.17) is 0 Å². The van der Waals surface area contributed by atoms with Gasteiger partial charge in [0.1, 0.15) is 0 Å². The van der Waals surface area contributed by atoms with E-state index in [-0.39, 0.29) is 5.91 Å². The van der Waals surface area contributed by atoms with Crippen LogP contribution in [0.5, 0.6) is 0 Å². The van der Waals surface area contributed by atoms with Crippen molar-refractivity contribution in [3.05, 3.63) is 34.9 Å². The standard InChI is InChI=1S/C14H21NO2/c1-9(2)8-15-14(17)13(16)12-6-5-10(3)7-11(12)4/h5-7,9,13,16H,8H2,1-4H3,(H,15,17). The highest BCUT2D eigenvalue weighted by Crippen LogP contribution is 2.19. The SMILES string of the molecule is Cc1ccc(C(O)C(=O)NCC(C)C)c(C)c1. The van der Waals surface area contributed by atoms with E-state index in [1.807, 2.05) is 45.9 Å². The van der Waals surface area contributed by atoms with Crippen LogP contribution in [0.2, 0.25) is 0 Å². The second-order valence-electron chi connectivity index (χ2n) is 4.90. The molecule has 0 aliphatic heterocycles. The van der Waals surface area contributed by atoms with Gasteiger partial charge in [-0.1, -0.05) is 37.6 Å². The van der Waals surface area contributed by atoms with Crippen molar-refractivity contribution in [1.29, 1.82) is 0 Å². The molecule has 0 aliphatic carbocycles. The van der Waals surface area contributed by atoms with Gasteiger partial charge in [0.15, 0.2) is 6.10 Å². The summed E-state index contributed by atoms with van der Waals surface area (Å²) in [6.07, 6.45) is -1.07. The first kappa shape index (κ1) is 13.7. The maximum Gasteiger partial charge on any atom is 0.253 e. The average molecular weight is 235 g/mol. The van der Waals surface area contributed by atoms with Gasteiger partial charge in [0, 0.05) is 6.54 Å². The van der Waals surface area contributed by atoms with Gasteiger partial charge in [0.2, 0.25) is 0 Å². The van der Waals surface area contributed by atoms with Crippen LogP contribution in [0.25, 0.3) is 0 Å². The first-order chi connectivity index (χ1) is 7.91. The largest absolute Gasteiger partial charge is 0.378 e. The van der Waals surface area contributed by atoms with Crippen molar-refractivity contribution in [2.45, 2.75) is 33.8 Å². The number of carbonyl (C=O) groups is 1. The van der Waals surface area contributed by atoms with Gasteiger partial charge in [-0.25, -0.2) is 0 Å². The highest BCUT2D eigenvalue weighted by atomic mass is 16.3. The van der Waals surface area contributed by atoms with Gasteiger partial charge >= 0.3 is 0 Å². The van der Waals surface area contributed by atoms with E-state index >= 15 is 0 Å². The highest BCUT2D eigenvalue weighted by Gasteiger charge is 2.18. The Kier molecular flexibility index (Phi) is 4.70. The summed E-state index contributed by atoms with van der Waals surface area (Å²) in [4.78, 5) is 11.7. The Morgan fingerprint density at radius 3 is 2.53 bits per heavy atom. The number of aryl methyl sites for hydroxylation is 2. The lowest BCUT2D eigenvalue weighted by atomic mass is 10.0. The third-order valence-electron chi connectivity index (χ3n) is 2.65. The average Bonchev–Trinajstić information content (AvgIpc) is 2.25. The molecule has 94 valence electrons. The molecule has 3 heteroatoms. The van der Waals surface area contributed by atoms with Crippen molar-refractivity contribution in [1.82, 2.24) is 5.32 Å². The molecule has 1 aromatic carbocycles. The zero-order valence-electron chi connectivity index (χ0n) is 10.9. The van der Waals surface area contributed by atoms with E-state index in [1.54, 1.807) is 0 Å². The van der Waals surface area contributed by atoms with Crippen LogP contribution in [0.3, 0.4) is 0 Å². The van der Waals surface area contributed by atoms with Crippen LogP contribution in [0.4, 0.5) is 0 Å². The number of rotatable bonds is 4. The van der Waals surface area contributed by atoms with Crippen LogP contribution >= 0.6 is 0 Å². The Morgan fingerprint density at radius 2 is 2.00 bits per heavy atom. The lowest BCUT2D eigenvalue weighted by Crippen LogP contribution is -2.32. The summed E-state index contributed by atoms with van der Waals surface area (Å²) in [6.45, 7) is 8.51. The van der Waals surface area contributed by atoms with Gasteiger partial charge in [-0.15, -0.1) is 0 Å². The van der Waals surface area contributed by atoms with E-state index < -0.39 is 6.10 Å². The first-order valence-corrected chi connectivity index (χ1v) is 5.94. The summed E-state index contributed by atoms with van der Waals surface area (Å²) >= 11 is 0. The molecular formula is C14H21NO2. The van der Waals surface area contributed by atoms with Crippen LogP contribution in [-0.2, 0) is 4.79 Å². The van der Waals surface area contributed by atoms with Crippen LogP contribution < -0.4 is 5.32 Å². The molecule has 0 spiro atoms. The molecule has 1 aromatic rings. The summed E-state index contributed by atoms with van der Waals surface area (Å²) in [5.74, 6) is 0.0518. The number of carbonyl (C=O) groups excluding carboxylic acids is 1. The highest BCUT2D eigenvalue weighted by molar-refractivity contribution is 5.82. The fourth-order valence-corrected chi connectivity index (χ4v) is 1.68. The van der Waals surface area contributed by atoms with Gasteiger partial charge < -0.3 is 10.4 Å². The predicted molar refractivity (Wildman–Crippen MR) is 68.7 cm³/mol. The predicted octanol–water partition coefficient (Wildman–Crippen LogP) is 2.11. The molecule has 0 bridgehead atoms. The van der Waals surface area contributed by atoms with Gasteiger partial charge in [-0.3, -0.25) is 4.79 Å². The van der Waals surface area contributed by atoms with Crippen LogP contribution in [0.1, 0.15) is 36.6 Å². The number of hydrogen-bond acceptors (Lipinski definition) is 2. The number of hydrogen-bond donors (Lipinski definition) is 2. The lowest BCUT2D eigenvalue weighted by Gasteiger charge is -2.15. The Morgan fingerprint density at radius 1 is 1.35 bits per heavy atom. The zero-order chi connectivity index (χ0) is 13.0. The first-order valence-electron chi connectivity index (χ1n) is 5.94. The van der Waals surface area contributed by atoms with Crippen molar-refractivity contribution in [3.63, 3.8) is 0 Å². The number of amides is 1. The number of aliphatic hydroxyl groups excluding tert-OH is 1. The van der Waals surface area contributed by atoms with Crippen LogP contribution in [0.15, 0.2) is 18.2 Å². The Bertz CT molecular complexity index is 399. The summed E-state index contributed by atoms with van der Waals surface area (Å²) in [5, 5.41) is 12.7. The van der Waals surface area contributed by atoms with Crippen molar-refractivity contribution in [2.75, 3.05) is 6.54 Å². The summed E-state index contributed by atoms with van der Waals surface area (Å²) in [6, 6.07) is 5.68. The zero-order valence-corrected chi connectivity index (χ0v) is 10.9. The molecule has 1 unspecified atom stereocenters. The molecule has 3 nitrogen and oxygen atoms in total. The third kappa shape index (κ3) is 3.86. The Labute approximate surface area is 103 Å². The minimum Gasteiger partial charge on any atom is -0.378 e. The van der Waals surface area contributed by atoms with E-state index in [2.05, 4.69) is 5.32 Å². The van der Waals surface area contributed by atoms with Gasteiger partial charge in [-0.2, -0.15) is 0 Å². The lowest BCUT2D eigenvalue weighted by molar-refractivity contribution is -0.129. The number of benzene rings is 1. The van der Waals surface area contributed by atoms with Crippen molar-refractivity contribution >= 4 is 5.91 Å². The number of aliphatic hydroxyl groups is 1. The van der Waals surface area contributed by atoms with Crippen molar-refractivity contribution in [3.8, 4) is 0 Å². The molecule has 0 saturated heterocycles. The quantitative estimate of drug-likeness (QED) is 0.839. The molecule has 1 amide bonds. The van der Waals surface area contributed by atoms with E-state index in [9.17, 15) is 9.90 Å². The maximum absolute atomic E-state index is 11.7.